The Morgan fingerprint density at radius 3 is 2.31 bits per heavy atom. The molecule has 0 rings (SSSR count). The van der Waals surface area contributed by atoms with E-state index in [1.807, 2.05) is 13.8 Å². The monoisotopic (exact) mass is 188 g/mol. The molecule has 0 fully saturated rings. The molecule has 1 atom stereocenters. The Bertz CT molecular complexity index is 147. The lowest BCUT2D eigenvalue weighted by atomic mass is 10.3. The Morgan fingerprint density at radius 1 is 1.38 bits per heavy atom. The molecule has 0 aromatic carbocycles. The smallest absolute Gasteiger partial charge is 0.324 e. The van der Waals surface area contributed by atoms with Crippen molar-refractivity contribution in [2.45, 2.75) is 26.8 Å². The molecule has 13 heavy (non-hydrogen) atoms. The topological polar surface area (TPSA) is 55.6 Å². The van der Waals surface area contributed by atoms with E-state index < -0.39 is 6.04 Å². The third-order valence-electron chi connectivity index (χ3n) is 1.94. The SMILES string of the molecule is CCOC(=O)C(N)CN(CC)CC. The van der Waals surface area contributed by atoms with Crippen molar-refractivity contribution in [1.82, 2.24) is 4.90 Å². The maximum atomic E-state index is 11.1. The van der Waals surface area contributed by atoms with Gasteiger partial charge < -0.3 is 15.4 Å². The summed E-state index contributed by atoms with van der Waals surface area (Å²) in [6.07, 6.45) is 0. The van der Waals surface area contributed by atoms with E-state index >= 15 is 0 Å². The normalized spacial score (nSPS) is 13.0. The number of nitrogens with two attached hydrogens (primary N) is 1. The highest BCUT2D eigenvalue weighted by molar-refractivity contribution is 5.75. The molecule has 0 radical (unpaired) electrons. The second-order valence-electron chi connectivity index (χ2n) is 2.84. The minimum Gasteiger partial charge on any atom is -0.465 e. The van der Waals surface area contributed by atoms with Crippen LogP contribution in [0, 0.1) is 0 Å². The molecule has 0 amide bonds. The van der Waals surface area contributed by atoms with Crippen molar-refractivity contribution in [3.05, 3.63) is 0 Å². The van der Waals surface area contributed by atoms with E-state index in [0.717, 1.165) is 13.1 Å². The molecule has 0 saturated carbocycles. The lowest BCUT2D eigenvalue weighted by Gasteiger charge is -2.21. The summed E-state index contributed by atoms with van der Waals surface area (Å²) >= 11 is 0. The van der Waals surface area contributed by atoms with E-state index in [1.54, 1.807) is 6.92 Å². The van der Waals surface area contributed by atoms with Gasteiger partial charge in [0.2, 0.25) is 0 Å². The summed E-state index contributed by atoms with van der Waals surface area (Å²) in [5.74, 6) is -0.311. The number of rotatable bonds is 6. The number of hydrogen-bond donors (Lipinski definition) is 1. The zero-order chi connectivity index (χ0) is 10.3. The first-order valence-corrected chi connectivity index (χ1v) is 4.80. The molecule has 0 aromatic heterocycles. The first-order chi connectivity index (χ1) is 6.15. The molecule has 0 heterocycles. The maximum Gasteiger partial charge on any atom is 0.324 e. The second-order valence-corrected chi connectivity index (χ2v) is 2.84. The van der Waals surface area contributed by atoms with E-state index in [2.05, 4.69) is 4.90 Å². The van der Waals surface area contributed by atoms with Gasteiger partial charge in [0.25, 0.3) is 0 Å². The van der Waals surface area contributed by atoms with Crippen LogP contribution in [0.2, 0.25) is 0 Å². The quantitative estimate of drug-likeness (QED) is 0.606. The molecular weight excluding hydrogens is 168 g/mol. The Morgan fingerprint density at radius 2 is 1.92 bits per heavy atom. The molecule has 0 saturated heterocycles. The van der Waals surface area contributed by atoms with Gasteiger partial charge >= 0.3 is 5.97 Å². The largest absolute Gasteiger partial charge is 0.465 e. The van der Waals surface area contributed by atoms with Crippen LogP contribution in [0.15, 0.2) is 0 Å². The molecule has 4 nitrogen and oxygen atoms in total. The van der Waals surface area contributed by atoms with Crippen molar-refractivity contribution in [2.75, 3.05) is 26.2 Å². The van der Waals surface area contributed by atoms with Gasteiger partial charge in [-0.1, -0.05) is 13.8 Å². The van der Waals surface area contributed by atoms with E-state index in [0.29, 0.717) is 13.2 Å². The fourth-order valence-electron chi connectivity index (χ4n) is 1.08. The van der Waals surface area contributed by atoms with Gasteiger partial charge in [-0.3, -0.25) is 4.79 Å². The number of esters is 1. The van der Waals surface area contributed by atoms with Crippen molar-refractivity contribution in [1.29, 1.82) is 0 Å². The molecule has 4 heteroatoms. The highest BCUT2D eigenvalue weighted by atomic mass is 16.5. The number of nitrogens with zero attached hydrogens (tertiary/aromatic N) is 1. The van der Waals surface area contributed by atoms with Gasteiger partial charge in [-0.2, -0.15) is 0 Å². The van der Waals surface area contributed by atoms with Crippen molar-refractivity contribution in [3.8, 4) is 0 Å². The molecule has 1 unspecified atom stereocenters. The van der Waals surface area contributed by atoms with Crippen LogP contribution in [0.3, 0.4) is 0 Å². The molecule has 2 N–H and O–H groups in total. The summed E-state index contributed by atoms with van der Waals surface area (Å²) in [7, 11) is 0. The summed E-state index contributed by atoms with van der Waals surface area (Å²) in [6, 6.07) is -0.514. The highest BCUT2D eigenvalue weighted by Crippen LogP contribution is 1.92. The minimum atomic E-state index is -0.514. The van der Waals surface area contributed by atoms with Crippen LogP contribution in [0.1, 0.15) is 20.8 Å². The summed E-state index contributed by atoms with van der Waals surface area (Å²) in [4.78, 5) is 13.2. The van der Waals surface area contributed by atoms with Crippen molar-refractivity contribution >= 4 is 5.97 Å². The molecule has 0 aliphatic heterocycles. The molecule has 0 aromatic rings. The van der Waals surface area contributed by atoms with E-state index in [-0.39, 0.29) is 5.97 Å². The minimum absolute atomic E-state index is 0.311. The third-order valence-corrected chi connectivity index (χ3v) is 1.94. The number of ether oxygens (including phenoxy) is 1. The zero-order valence-electron chi connectivity index (χ0n) is 8.75. The first kappa shape index (κ1) is 12.4. The zero-order valence-corrected chi connectivity index (χ0v) is 8.75. The molecular formula is C9H20N2O2. The molecule has 0 spiro atoms. The van der Waals surface area contributed by atoms with Crippen LogP contribution < -0.4 is 5.73 Å². The number of hydrogen-bond acceptors (Lipinski definition) is 4. The van der Waals surface area contributed by atoms with Gasteiger partial charge in [0.15, 0.2) is 0 Å². The van der Waals surface area contributed by atoms with Crippen molar-refractivity contribution < 1.29 is 9.53 Å². The number of carbonyl (C=O) groups is 1. The molecule has 0 bridgehead atoms. The standard InChI is InChI=1S/C9H20N2O2/c1-4-11(5-2)7-8(10)9(12)13-6-3/h8H,4-7,10H2,1-3H3. The lowest BCUT2D eigenvalue weighted by molar-refractivity contribution is -0.145. The average molecular weight is 188 g/mol. The Balaban J connectivity index is 3.82. The van der Waals surface area contributed by atoms with Crippen molar-refractivity contribution in [2.24, 2.45) is 5.73 Å². The predicted molar refractivity (Wildman–Crippen MR) is 52.4 cm³/mol. The van der Waals surface area contributed by atoms with Gasteiger partial charge in [-0.05, 0) is 20.0 Å². The molecule has 78 valence electrons. The van der Waals surface area contributed by atoms with Crippen LogP contribution in [-0.4, -0.2) is 43.2 Å². The molecule has 0 aliphatic rings. The number of carbonyl (C=O) groups excluding carboxylic acids is 1. The number of likely N-dealkylation sites (N-methyl/N-ethyl adjacent to an activating group) is 1. The van der Waals surface area contributed by atoms with Crippen molar-refractivity contribution in [3.63, 3.8) is 0 Å². The summed E-state index contributed by atoms with van der Waals surface area (Å²) in [6.45, 7) is 8.65. The molecule has 0 aliphatic carbocycles. The summed E-state index contributed by atoms with van der Waals surface area (Å²) < 4.78 is 4.80. The van der Waals surface area contributed by atoms with Gasteiger partial charge in [-0.25, -0.2) is 0 Å². The first-order valence-electron chi connectivity index (χ1n) is 4.80. The van der Waals surface area contributed by atoms with Gasteiger partial charge in [0.05, 0.1) is 6.61 Å². The third kappa shape index (κ3) is 4.85. The Hall–Kier alpha value is -0.610. The van der Waals surface area contributed by atoms with E-state index in [4.69, 9.17) is 10.5 Å². The van der Waals surface area contributed by atoms with Gasteiger partial charge in [0, 0.05) is 6.54 Å². The van der Waals surface area contributed by atoms with Crippen LogP contribution in [0.5, 0.6) is 0 Å². The Labute approximate surface area is 80.0 Å². The van der Waals surface area contributed by atoms with Gasteiger partial charge in [0.1, 0.15) is 6.04 Å². The average Bonchev–Trinajstić information content (AvgIpc) is 2.14. The highest BCUT2D eigenvalue weighted by Gasteiger charge is 2.16. The van der Waals surface area contributed by atoms with Crippen LogP contribution >= 0.6 is 0 Å². The van der Waals surface area contributed by atoms with Gasteiger partial charge in [-0.15, -0.1) is 0 Å². The van der Waals surface area contributed by atoms with Crippen LogP contribution in [0.25, 0.3) is 0 Å². The van der Waals surface area contributed by atoms with E-state index in [9.17, 15) is 4.79 Å². The van der Waals surface area contributed by atoms with Crippen LogP contribution in [0.4, 0.5) is 0 Å². The summed E-state index contributed by atoms with van der Waals surface area (Å²) in [5.41, 5.74) is 5.64. The van der Waals surface area contributed by atoms with E-state index in [1.165, 1.54) is 0 Å². The summed E-state index contributed by atoms with van der Waals surface area (Å²) in [5, 5.41) is 0. The lowest BCUT2D eigenvalue weighted by Crippen LogP contribution is -2.43. The second kappa shape index (κ2) is 6.86. The maximum absolute atomic E-state index is 11.1. The Kier molecular flexibility index (Phi) is 6.54. The van der Waals surface area contributed by atoms with Crippen LogP contribution in [-0.2, 0) is 9.53 Å². The fraction of sp³-hybridized carbons (Fsp3) is 0.889. The fourth-order valence-corrected chi connectivity index (χ4v) is 1.08. The predicted octanol–water partition coefficient (Wildman–Crippen LogP) is 0.219.